The Morgan fingerprint density at radius 1 is 1.13 bits per heavy atom. The summed E-state index contributed by atoms with van der Waals surface area (Å²) in [6, 6.07) is 8.98. The standard InChI is InChI=1S/C20H24N2O/c1-15-3-4-19-18(13-15)17-6-9-21(2)10-7-20(17)22(19)11-5-16-8-12-23-14-16/h3-4,8,12-14H,5-7,9-11H2,1-2H3. The van der Waals surface area contributed by atoms with Gasteiger partial charge in [-0.1, -0.05) is 11.6 Å². The number of hydrogen-bond donors (Lipinski definition) is 0. The van der Waals surface area contributed by atoms with E-state index in [9.17, 15) is 0 Å². The zero-order chi connectivity index (χ0) is 15.8. The van der Waals surface area contributed by atoms with Crippen molar-refractivity contribution in [2.45, 2.75) is 32.7 Å². The molecule has 0 saturated heterocycles. The van der Waals surface area contributed by atoms with Gasteiger partial charge in [0.05, 0.1) is 12.5 Å². The number of furan rings is 1. The Balaban J connectivity index is 1.78. The Kier molecular flexibility index (Phi) is 3.74. The van der Waals surface area contributed by atoms with E-state index in [4.69, 9.17) is 4.42 Å². The number of rotatable bonds is 3. The Bertz CT molecular complexity index is 814. The molecule has 23 heavy (non-hydrogen) atoms. The minimum Gasteiger partial charge on any atom is -0.472 e. The molecule has 3 nitrogen and oxygen atoms in total. The van der Waals surface area contributed by atoms with Crippen molar-refractivity contribution in [3.63, 3.8) is 0 Å². The minimum atomic E-state index is 1.02. The first kappa shape index (κ1) is 14.6. The summed E-state index contributed by atoms with van der Waals surface area (Å²) in [4.78, 5) is 2.45. The highest BCUT2D eigenvalue weighted by Gasteiger charge is 2.20. The van der Waals surface area contributed by atoms with Gasteiger partial charge in [-0.25, -0.2) is 0 Å². The van der Waals surface area contributed by atoms with Crippen LogP contribution in [0.3, 0.4) is 0 Å². The van der Waals surface area contributed by atoms with Gasteiger partial charge in [0.15, 0.2) is 0 Å². The summed E-state index contributed by atoms with van der Waals surface area (Å²) in [5.74, 6) is 0. The van der Waals surface area contributed by atoms with E-state index in [-0.39, 0.29) is 0 Å². The molecule has 1 aliphatic heterocycles. The van der Waals surface area contributed by atoms with Crippen LogP contribution in [0.1, 0.15) is 22.4 Å². The van der Waals surface area contributed by atoms with Gasteiger partial charge in [-0.05, 0) is 56.1 Å². The average molecular weight is 308 g/mol. The Morgan fingerprint density at radius 2 is 2.00 bits per heavy atom. The molecular weight excluding hydrogens is 284 g/mol. The first-order valence-corrected chi connectivity index (χ1v) is 8.52. The summed E-state index contributed by atoms with van der Waals surface area (Å²) in [5.41, 5.74) is 7.13. The van der Waals surface area contributed by atoms with Crippen LogP contribution in [-0.4, -0.2) is 29.6 Å². The Morgan fingerprint density at radius 3 is 2.83 bits per heavy atom. The number of aromatic nitrogens is 1. The molecule has 1 aliphatic rings. The van der Waals surface area contributed by atoms with Crippen molar-refractivity contribution in [1.82, 2.24) is 9.47 Å². The second kappa shape index (κ2) is 5.89. The second-order valence-electron chi connectivity index (χ2n) is 6.78. The predicted octanol–water partition coefficient (Wildman–Crippen LogP) is 3.82. The quantitative estimate of drug-likeness (QED) is 0.733. The summed E-state index contributed by atoms with van der Waals surface area (Å²) < 4.78 is 7.77. The lowest BCUT2D eigenvalue weighted by atomic mass is 10.1. The third kappa shape index (κ3) is 2.70. The van der Waals surface area contributed by atoms with Gasteiger partial charge in [0.1, 0.15) is 0 Å². The van der Waals surface area contributed by atoms with Gasteiger partial charge in [0.25, 0.3) is 0 Å². The summed E-state index contributed by atoms with van der Waals surface area (Å²) in [6.45, 7) is 5.52. The zero-order valence-electron chi connectivity index (χ0n) is 14.0. The number of benzene rings is 1. The van der Waals surface area contributed by atoms with Gasteiger partial charge in [-0.3, -0.25) is 0 Å². The van der Waals surface area contributed by atoms with Crippen LogP contribution >= 0.6 is 0 Å². The first-order chi connectivity index (χ1) is 11.2. The first-order valence-electron chi connectivity index (χ1n) is 8.52. The number of aryl methyl sites for hydroxylation is 3. The fraction of sp³-hybridized carbons (Fsp3) is 0.400. The van der Waals surface area contributed by atoms with Crippen molar-refractivity contribution in [3.05, 3.63) is 59.2 Å². The number of hydrogen-bond acceptors (Lipinski definition) is 2. The Labute approximate surface area is 137 Å². The molecule has 3 heteroatoms. The van der Waals surface area contributed by atoms with E-state index in [1.165, 1.54) is 22.0 Å². The van der Waals surface area contributed by atoms with E-state index in [1.54, 1.807) is 17.5 Å². The lowest BCUT2D eigenvalue weighted by molar-refractivity contribution is 0.351. The van der Waals surface area contributed by atoms with Crippen molar-refractivity contribution in [2.75, 3.05) is 20.1 Å². The molecule has 0 saturated carbocycles. The van der Waals surface area contributed by atoms with Crippen LogP contribution in [0.5, 0.6) is 0 Å². The van der Waals surface area contributed by atoms with Crippen LogP contribution in [0.25, 0.3) is 10.9 Å². The molecule has 0 unspecified atom stereocenters. The van der Waals surface area contributed by atoms with Crippen LogP contribution in [0, 0.1) is 6.92 Å². The van der Waals surface area contributed by atoms with Crippen molar-refractivity contribution < 1.29 is 4.42 Å². The number of nitrogens with zero attached hydrogens (tertiary/aromatic N) is 2. The monoisotopic (exact) mass is 308 g/mol. The summed E-state index contributed by atoms with van der Waals surface area (Å²) in [6.07, 6.45) is 6.95. The van der Waals surface area contributed by atoms with Crippen molar-refractivity contribution in [2.24, 2.45) is 0 Å². The zero-order valence-corrected chi connectivity index (χ0v) is 14.0. The Hall–Kier alpha value is -2.00. The molecule has 1 aromatic carbocycles. The third-order valence-electron chi connectivity index (χ3n) is 5.12. The van der Waals surface area contributed by atoms with Gasteiger partial charge in [0, 0.05) is 42.7 Å². The van der Waals surface area contributed by atoms with Crippen molar-refractivity contribution in [1.29, 1.82) is 0 Å². The van der Waals surface area contributed by atoms with Crippen LogP contribution in [-0.2, 0) is 25.8 Å². The summed E-state index contributed by atoms with van der Waals surface area (Å²) in [7, 11) is 2.23. The lowest BCUT2D eigenvalue weighted by Gasteiger charge is -2.14. The minimum absolute atomic E-state index is 1.02. The molecule has 120 valence electrons. The molecule has 3 aromatic rings. The van der Waals surface area contributed by atoms with E-state index >= 15 is 0 Å². The normalized spacial score (nSPS) is 15.7. The SMILES string of the molecule is Cc1ccc2c(c1)c1c(n2CCc2ccoc2)CCN(C)CC1. The molecule has 3 heterocycles. The second-order valence-corrected chi connectivity index (χ2v) is 6.78. The highest BCUT2D eigenvalue weighted by atomic mass is 16.3. The van der Waals surface area contributed by atoms with Crippen molar-refractivity contribution in [3.8, 4) is 0 Å². The lowest BCUT2D eigenvalue weighted by Crippen LogP contribution is -2.21. The van der Waals surface area contributed by atoms with E-state index in [0.29, 0.717) is 0 Å². The van der Waals surface area contributed by atoms with Gasteiger partial charge in [-0.15, -0.1) is 0 Å². The molecule has 0 amide bonds. The van der Waals surface area contributed by atoms with Crippen LogP contribution in [0.2, 0.25) is 0 Å². The fourth-order valence-corrected chi connectivity index (χ4v) is 3.80. The van der Waals surface area contributed by atoms with Gasteiger partial charge in [-0.2, -0.15) is 0 Å². The number of likely N-dealkylation sites (N-methyl/N-ethyl adjacent to an activating group) is 1. The summed E-state index contributed by atoms with van der Waals surface area (Å²) in [5, 5.41) is 1.46. The van der Waals surface area contributed by atoms with Crippen LogP contribution in [0.15, 0.2) is 41.2 Å². The highest BCUT2D eigenvalue weighted by Crippen LogP contribution is 2.30. The summed E-state index contributed by atoms with van der Waals surface area (Å²) >= 11 is 0. The van der Waals surface area contributed by atoms with Crippen LogP contribution < -0.4 is 0 Å². The average Bonchev–Trinajstić information content (AvgIpc) is 3.10. The molecule has 0 spiro atoms. The largest absolute Gasteiger partial charge is 0.472 e. The van der Waals surface area contributed by atoms with Crippen LogP contribution in [0.4, 0.5) is 0 Å². The molecule has 0 radical (unpaired) electrons. The maximum Gasteiger partial charge on any atom is 0.0935 e. The maximum absolute atomic E-state index is 5.22. The number of fused-ring (bicyclic) bond motifs is 3. The van der Waals surface area contributed by atoms with E-state index in [1.807, 2.05) is 6.26 Å². The smallest absolute Gasteiger partial charge is 0.0935 e. The third-order valence-corrected chi connectivity index (χ3v) is 5.12. The van der Waals surface area contributed by atoms with E-state index in [0.717, 1.165) is 38.9 Å². The van der Waals surface area contributed by atoms with Crippen molar-refractivity contribution >= 4 is 10.9 Å². The van der Waals surface area contributed by atoms with E-state index < -0.39 is 0 Å². The molecule has 0 fully saturated rings. The molecule has 0 atom stereocenters. The molecular formula is C20H24N2O. The molecule has 2 aromatic heterocycles. The molecule has 0 aliphatic carbocycles. The predicted molar refractivity (Wildman–Crippen MR) is 94.0 cm³/mol. The highest BCUT2D eigenvalue weighted by molar-refractivity contribution is 5.86. The maximum atomic E-state index is 5.22. The topological polar surface area (TPSA) is 21.3 Å². The van der Waals surface area contributed by atoms with E-state index in [2.05, 4.69) is 47.7 Å². The van der Waals surface area contributed by atoms with Gasteiger partial charge >= 0.3 is 0 Å². The van der Waals surface area contributed by atoms with Gasteiger partial charge in [0.2, 0.25) is 0 Å². The molecule has 4 rings (SSSR count). The molecule has 0 bridgehead atoms. The van der Waals surface area contributed by atoms with Gasteiger partial charge < -0.3 is 13.9 Å². The molecule has 0 N–H and O–H groups in total. The fourth-order valence-electron chi connectivity index (χ4n) is 3.80.